The fraction of sp³-hybridized carbons (Fsp3) is 0.286. The van der Waals surface area contributed by atoms with Crippen LogP contribution in [0.4, 0.5) is 10.2 Å². The smallest absolute Gasteiger partial charge is 0.296 e. The molecular weight excluding hydrogens is 473 g/mol. The first-order chi connectivity index (χ1) is 17.7. The number of pyridine rings is 1. The lowest BCUT2D eigenvalue weighted by Crippen LogP contribution is -2.19. The molecule has 8 nitrogen and oxygen atoms in total. The SMILES string of the molecule is Cc1ccc(OCCCC(C)(C)O)cc1-c1ccnc(NC(=O)c2n[nH]c(Cc3ccc(F)cc3)n2)c1. The van der Waals surface area contributed by atoms with Crippen LogP contribution in [0.3, 0.4) is 0 Å². The monoisotopic (exact) mass is 503 g/mol. The first kappa shape index (κ1) is 26.0. The van der Waals surface area contributed by atoms with E-state index in [1.165, 1.54) is 12.1 Å². The Hall–Kier alpha value is -4.11. The van der Waals surface area contributed by atoms with Gasteiger partial charge in [-0.05, 0) is 92.3 Å². The van der Waals surface area contributed by atoms with E-state index in [1.54, 1.807) is 38.2 Å². The lowest BCUT2D eigenvalue weighted by molar-refractivity contribution is 0.0641. The van der Waals surface area contributed by atoms with Gasteiger partial charge in [-0.2, -0.15) is 0 Å². The van der Waals surface area contributed by atoms with Crippen molar-refractivity contribution in [1.82, 2.24) is 20.2 Å². The third-order valence-corrected chi connectivity index (χ3v) is 5.74. The van der Waals surface area contributed by atoms with Crippen molar-refractivity contribution < 1.29 is 19.0 Å². The number of hydrogen-bond acceptors (Lipinski definition) is 6. The van der Waals surface area contributed by atoms with E-state index in [-0.39, 0.29) is 11.6 Å². The molecule has 9 heteroatoms. The predicted octanol–water partition coefficient (Wildman–Crippen LogP) is 5.09. The van der Waals surface area contributed by atoms with E-state index in [0.717, 1.165) is 34.4 Å². The van der Waals surface area contributed by atoms with E-state index in [9.17, 15) is 14.3 Å². The number of aromatic amines is 1. The molecule has 0 saturated heterocycles. The molecule has 0 spiro atoms. The van der Waals surface area contributed by atoms with E-state index >= 15 is 0 Å². The molecule has 0 aliphatic rings. The van der Waals surface area contributed by atoms with Crippen molar-refractivity contribution in [2.45, 2.75) is 45.6 Å². The second-order valence-corrected chi connectivity index (χ2v) is 9.53. The van der Waals surface area contributed by atoms with Crippen LogP contribution < -0.4 is 10.1 Å². The minimum atomic E-state index is -0.713. The van der Waals surface area contributed by atoms with Crippen molar-refractivity contribution in [3.05, 3.63) is 89.4 Å². The Balaban J connectivity index is 1.41. The zero-order chi connectivity index (χ0) is 26.4. The van der Waals surface area contributed by atoms with Crippen LogP contribution >= 0.6 is 0 Å². The van der Waals surface area contributed by atoms with E-state index in [4.69, 9.17) is 4.74 Å². The maximum atomic E-state index is 13.1. The normalized spacial score (nSPS) is 11.4. The van der Waals surface area contributed by atoms with Crippen molar-refractivity contribution in [3.63, 3.8) is 0 Å². The largest absolute Gasteiger partial charge is 0.494 e. The van der Waals surface area contributed by atoms with Gasteiger partial charge < -0.3 is 15.2 Å². The van der Waals surface area contributed by atoms with Crippen molar-refractivity contribution in [2.75, 3.05) is 11.9 Å². The van der Waals surface area contributed by atoms with Crippen molar-refractivity contribution in [3.8, 4) is 16.9 Å². The highest BCUT2D eigenvalue weighted by Crippen LogP contribution is 2.29. The zero-order valence-electron chi connectivity index (χ0n) is 21.1. The summed E-state index contributed by atoms with van der Waals surface area (Å²) >= 11 is 0. The molecule has 0 saturated carbocycles. The van der Waals surface area contributed by atoms with Gasteiger partial charge >= 0.3 is 0 Å². The summed E-state index contributed by atoms with van der Waals surface area (Å²) in [6, 6.07) is 15.6. The number of nitrogens with one attached hydrogen (secondary N) is 2. The number of aromatic nitrogens is 4. The van der Waals surface area contributed by atoms with Gasteiger partial charge in [0.15, 0.2) is 0 Å². The molecule has 4 rings (SSSR count). The number of carbonyl (C=O) groups excluding carboxylic acids is 1. The van der Waals surface area contributed by atoms with Crippen molar-refractivity contribution >= 4 is 11.7 Å². The molecule has 0 aliphatic carbocycles. The first-order valence-electron chi connectivity index (χ1n) is 12.1. The molecule has 2 heterocycles. The molecule has 4 aromatic rings. The average Bonchev–Trinajstić information content (AvgIpc) is 3.32. The number of hydrogen-bond donors (Lipinski definition) is 3. The molecule has 0 radical (unpaired) electrons. The Morgan fingerprint density at radius 2 is 1.92 bits per heavy atom. The number of H-pyrrole nitrogens is 1. The Labute approximate surface area is 215 Å². The van der Waals surface area contributed by atoms with Crippen LogP contribution in [0.25, 0.3) is 11.1 Å². The second-order valence-electron chi connectivity index (χ2n) is 9.53. The molecule has 0 bridgehead atoms. The number of halogens is 1. The highest BCUT2D eigenvalue weighted by atomic mass is 19.1. The molecule has 0 aliphatic heterocycles. The Morgan fingerprint density at radius 3 is 2.68 bits per heavy atom. The van der Waals surface area contributed by atoms with Gasteiger partial charge in [0, 0.05) is 12.6 Å². The van der Waals surface area contributed by atoms with Crippen LogP contribution in [0.1, 0.15) is 54.3 Å². The molecule has 192 valence electrons. The third-order valence-electron chi connectivity index (χ3n) is 5.74. The predicted molar refractivity (Wildman–Crippen MR) is 139 cm³/mol. The minimum absolute atomic E-state index is 0.0121. The summed E-state index contributed by atoms with van der Waals surface area (Å²) in [6.45, 7) is 6.07. The number of benzene rings is 2. The van der Waals surface area contributed by atoms with Gasteiger partial charge in [0.2, 0.25) is 5.82 Å². The molecule has 2 aromatic heterocycles. The average molecular weight is 504 g/mol. The van der Waals surface area contributed by atoms with Crippen LogP contribution in [0, 0.1) is 12.7 Å². The van der Waals surface area contributed by atoms with Crippen molar-refractivity contribution in [2.24, 2.45) is 0 Å². The summed E-state index contributed by atoms with van der Waals surface area (Å²) in [6.07, 6.45) is 3.41. The van der Waals surface area contributed by atoms with Crippen LogP contribution in [0.5, 0.6) is 5.75 Å². The fourth-order valence-electron chi connectivity index (χ4n) is 3.81. The lowest BCUT2D eigenvalue weighted by Gasteiger charge is -2.17. The van der Waals surface area contributed by atoms with Gasteiger partial charge in [-0.1, -0.05) is 18.2 Å². The topological polar surface area (TPSA) is 113 Å². The molecular formula is C28H30FN5O3. The molecule has 2 aromatic carbocycles. The summed E-state index contributed by atoms with van der Waals surface area (Å²) in [5.41, 5.74) is 3.01. The number of amides is 1. The summed E-state index contributed by atoms with van der Waals surface area (Å²) in [7, 11) is 0. The molecule has 0 fully saturated rings. The number of ether oxygens (including phenoxy) is 1. The van der Waals surface area contributed by atoms with Gasteiger partial charge in [0.05, 0.1) is 12.2 Å². The molecule has 0 atom stereocenters. The Bertz CT molecular complexity index is 1360. The van der Waals surface area contributed by atoms with Gasteiger partial charge in [0.1, 0.15) is 23.2 Å². The molecule has 3 N–H and O–H groups in total. The lowest BCUT2D eigenvalue weighted by atomic mass is 10.0. The maximum Gasteiger partial charge on any atom is 0.296 e. The zero-order valence-corrected chi connectivity index (χ0v) is 21.1. The number of carbonyl (C=O) groups is 1. The summed E-state index contributed by atoms with van der Waals surface area (Å²) in [4.78, 5) is 21.2. The van der Waals surface area contributed by atoms with Crippen molar-refractivity contribution in [1.29, 1.82) is 0 Å². The van der Waals surface area contributed by atoms with E-state index < -0.39 is 11.5 Å². The molecule has 0 unspecified atom stereocenters. The number of aliphatic hydroxyl groups is 1. The Morgan fingerprint density at radius 1 is 1.14 bits per heavy atom. The third kappa shape index (κ3) is 7.44. The van der Waals surface area contributed by atoms with Gasteiger partial charge in [-0.15, -0.1) is 5.10 Å². The van der Waals surface area contributed by atoms with Crippen LogP contribution in [-0.2, 0) is 6.42 Å². The van der Waals surface area contributed by atoms with E-state index in [1.807, 2.05) is 31.2 Å². The Kier molecular flexibility index (Phi) is 7.93. The van der Waals surface area contributed by atoms with Crippen LogP contribution in [0.2, 0.25) is 0 Å². The second kappa shape index (κ2) is 11.3. The van der Waals surface area contributed by atoms with Gasteiger partial charge in [-0.3, -0.25) is 9.89 Å². The van der Waals surface area contributed by atoms with E-state index in [0.29, 0.717) is 31.1 Å². The van der Waals surface area contributed by atoms with Gasteiger partial charge in [0.25, 0.3) is 5.91 Å². The van der Waals surface area contributed by atoms with Gasteiger partial charge in [-0.25, -0.2) is 14.4 Å². The minimum Gasteiger partial charge on any atom is -0.494 e. The van der Waals surface area contributed by atoms with E-state index in [2.05, 4.69) is 25.5 Å². The highest BCUT2D eigenvalue weighted by Gasteiger charge is 2.15. The number of aryl methyl sites for hydroxylation is 1. The quantitative estimate of drug-likeness (QED) is 0.260. The summed E-state index contributed by atoms with van der Waals surface area (Å²) in [5.74, 6) is 0.770. The standard InChI is InChI=1S/C28H30FN5O3/c1-18-5-10-22(37-14-4-12-28(2,3)36)17-23(18)20-11-13-30-24(16-20)32-27(35)26-31-25(33-34-26)15-19-6-8-21(29)9-7-19/h5-11,13,16-17,36H,4,12,14-15H2,1-3H3,(H,30,32,35)(H,31,33,34). The number of anilines is 1. The first-order valence-corrected chi connectivity index (χ1v) is 12.1. The highest BCUT2D eigenvalue weighted by molar-refractivity contribution is 6.01. The maximum absolute atomic E-state index is 13.1. The summed E-state index contributed by atoms with van der Waals surface area (Å²) in [5, 5.41) is 19.4. The summed E-state index contributed by atoms with van der Waals surface area (Å²) < 4.78 is 19.0. The van der Waals surface area contributed by atoms with Crippen LogP contribution in [-0.4, -0.2) is 43.4 Å². The molecule has 37 heavy (non-hydrogen) atoms. The fourth-order valence-corrected chi connectivity index (χ4v) is 3.81. The molecule has 1 amide bonds. The number of nitrogens with zero attached hydrogens (tertiary/aromatic N) is 3. The number of rotatable bonds is 10. The van der Waals surface area contributed by atoms with Crippen LogP contribution in [0.15, 0.2) is 60.8 Å².